The molecule has 1 amide bonds. The Morgan fingerprint density at radius 1 is 1.40 bits per heavy atom. The molecule has 5 nitrogen and oxygen atoms in total. The maximum absolute atomic E-state index is 12.0. The minimum absolute atomic E-state index is 0.0354. The molecular weight excluding hydrogens is 254 g/mol. The normalized spacial score (nSPS) is 10.2. The molecule has 20 heavy (non-hydrogen) atoms. The standard InChI is InChI=1S/C15H21N3O2/c1-17(9-5-8-16)12-15(19)18(2)11-13-6-4-7-14(10-13)20-3/h4,6-7,10H,5,9,11-12H2,1-3H3. The molecule has 0 fully saturated rings. The molecule has 0 bridgehead atoms. The van der Waals surface area contributed by atoms with Crippen molar-refractivity contribution >= 4 is 5.91 Å². The van der Waals surface area contributed by atoms with Crippen molar-refractivity contribution in [3.05, 3.63) is 29.8 Å². The second-order valence-corrected chi connectivity index (χ2v) is 4.75. The third-order valence-electron chi connectivity index (χ3n) is 2.99. The molecule has 1 aromatic carbocycles. The number of carbonyl (C=O) groups is 1. The van der Waals surface area contributed by atoms with Crippen LogP contribution in [-0.2, 0) is 11.3 Å². The molecular formula is C15H21N3O2. The van der Waals surface area contributed by atoms with Crippen LogP contribution in [0.3, 0.4) is 0 Å². The lowest BCUT2D eigenvalue weighted by atomic mass is 10.2. The summed E-state index contributed by atoms with van der Waals surface area (Å²) in [6.45, 7) is 1.47. The molecule has 0 radical (unpaired) electrons. The first-order valence-electron chi connectivity index (χ1n) is 6.49. The van der Waals surface area contributed by atoms with E-state index in [1.54, 1.807) is 19.1 Å². The first-order valence-corrected chi connectivity index (χ1v) is 6.49. The molecule has 0 aliphatic rings. The van der Waals surface area contributed by atoms with E-state index < -0.39 is 0 Å². The van der Waals surface area contributed by atoms with E-state index in [1.165, 1.54) is 0 Å². The number of hydrogen-bond acceptors (Lipinski definition) is 4. The Balaban J connectivity index is 2.50. The van der Waals surface area contributed by atoms with Gasteiger partial charge in [0.1, 0.15) is 5.75 Å². The highest BCUT2D eigenvalue weighted by Gasteiger charge is 2.12. The van der Waals surface area contributed by atoms with Gasteiger partial charge in [-0.15, -0.1) is 0 Å². The third-order valence-corrected chi connectivity index (χ3v) is 2.99. The summed E-state index contributed by atoms with van der Waals surface area (Å²) in [5.74, 6) is 0.822. The fourth-order valence-electron chi connectivity index (χ4n) is 1.80. The molecule has 108 valence electrons. The fraction of sp³-hybridized carbons (Fsp3) is 0.467. The summed E-state index contributed by atoms with van der Waals surface area (Å²) in [6.07, 6.45) is 0.434. The van der Waals surface area contributed by atoms with Crippen molar-refractivity contribution < 1.29 is 9.53 Å². The number of carbonyl (C=O) groups excluding carboxylic acids is 1. The third kappa shape index (κ3) is 5.29. The summed E-state index contributed by atoms with van der Waals surface area (Å²) in [7, 11) is 5.24. The first-order chi connectivity index (χ1) is 9.56. The maximum Gasteiger partial charge on any atom is 0.236 e. The zero-order valence-electron chi connectivity index (χ0n) is 12.3. The van der Waals surface area contributed by atoms with E-state index in [2.05, 4.69) is 6.07 Å². The van der Waals surface area contributed by atoms with Gasteiger partial charge in [0.05, 0.1) is 19.7 Å². The number of ether oxygens (including phenoxy) is 1. The number of likely N-dealkylation sites (N-methyl/N-ethyl adjacent to an activating group) is 2. The van der Waals surface area contributed by atoms with Crippen LogP contribution in [0.2, 0.25) is 0 Å². The summed E-state index contributed by atoms with van der Waals surface area (Å²) >= 11 is 0. The van der Waals surface area contributed by atoms with Crippen molar-refractivity contribution in [1.29, 1.82) is 5.26 Å². The van der Waals surface area contributed by atoms with Gasteiger partial charge in [-0.1, -0.05) is 12.1 Å². The number of nitrogens with zero attached hydrogens (tertiary/aromatic N) is 3. The highest BCUT2D eigenvalue weighted by molar-refractivity contribution is 5.77. The average molecular weight is 275 g/mol. The molecule has 0 atom stereocenters. The van der Waals surface area contributed by atoms with Crippen molar-refractivity contribution in [2.75, 3.05) is 34.3 Å². The van der Waals surface area contributed by atoms with Crippen LogP contribution in [-0.4, -0.2) is 50.0 Å². The van der Waals surface area contributed by atoms with Gasteiger partial charge in [0.15, 0.2) is 0 Å². The molecule has 0 saturated heterocycles. The van der Waals surface area contributed by atoms with Crippen LogP contribution in [0.5, 0.6) is 5.75 Å². The Morgan fingerprint density at radius 2 is 2.15 bits per heavy atom. The largest absolute Gasteiger partial charge is 0.497 e. The monoisotopic (exact) mass is 275 g/mol. The van der Waals surface area contributed by atoms with Gasteiger partial charge in [-0.05, 0) is 24.7 Å². The number of hydrogen-bond donors (Lipinski definition) is 0. The number of rotatable bonds is 7. The predicted molar refractivity (Wildman–Crippen MR) is 77.2 cm³/mol. The van der Waals surface area contributed by atoms with E-state index in [0.29, 0.717) is 26.1 Å². The van der Waals surface area contributed by atoms with Crippen molar-refractivity contribution in [2.24, 2.45) is 0 Å². The van der Waals surface area contributed by atoms with Gasteiger partial charge < -0.3 is 9.64 Å². The van der Waals surface area contributed by atoms with Crippen molar-refractivity contribution in [2.45, 2.75) is 13.0 Å². The molecule has 0 N–H and O–H groups in total. The van der Waals surface area contributed by atoms with Gasteiger partial charge in [0.25, 0.3) is 0 Å². The molecule has 1 rings (SSSR count). The predicted octanol–water partition coefficient (Wildman–Crippen LogP) is 1.50. The van der Waals surface area contributed by atoms with E-state index in [0.717, 1.165) is 11.3 Å². The van der Waals surface area contributed by atoms with Gasteiger partial charge in [-0.3, -0.25) is 9.69 Å². The van der Waals surface area contributed by atoms with Gasteiger partial charge in [0, 0.05) is 26.6 Å². The Hall–Kier alpha value is -2.06. The topological polar surface area (TPSA) is 56.6 Å². The van der Waals surface area contributed by atoms with Crippen LogP contribution in [0.25, 0.3) is 0 Å². The molecule has 0 spiro atoms. The van der Waals surface area contributed by atoms with E-state index in [1.807, 2.05) is 36.2 Å². The highest BCUT2D eigenvalue weighted by Crippen LogP contribution is 2.13. The Labute approximate surface area is 120 Å². The Bertz CT molecular complexity index is 482. The molecule has 5 heteroatoms. The summed E-state index contributed by atoms with van der Waals surface area (Å²) in [5, 5.41) is 8.52. The SMILES string of the molecule is COc1cccc(CN(C)C(=O)CN(C)CCC#N)c1. The lowest BCUT2D eigenvalue weighted by molar-refractivity contribution is -0.131. The second-order valence-electron chi connectivity index (χ2n) is 4.75. The minimum Gasteiger partial charge on any atom is -0.497 e. The summed E-state index contributed by atoms with van der Waals surface area (Å²) in [5.41, 5.74) is 1.03. The maximum atomic E-state index is 12.0. The smallest absolute Gasteiger partial charge is 0.236 e. The molecule has 0 saturated carbocycles. The second kappa shape index (κ2) is 8.18. The number of methoxy groups -OCH3 is 1. The van der Waals surface area contributed by atoms with Crippen LogP contribution >= 0.6 is 0 Å². The quantitative estimate of drug-likeness (QED) is 0.756. The van der Waals surface area contributed by atoms with Crippen LogP contribution in [0.4, 0.5) is 0 Å². The first kappa shape index (κ1) is 16.0. The van der Waals surface area contributed by atoms with E-state index >= 15 is 0 Å². The van der Waals surface area contributed by atoms with E-state index in [4.69, 9.17) is 10.00 Å². The van der Waals surface area contributed by atoms with E-state index in [-0.39, 0.29) is 5.91 Å². The fourth-order valence-corrected chi connectivity index (χ4v) is 1.80. The average Bonchev–Trinajstić information content (AvgIpc) is 2.45. The van der Waals surface area contributed by atoms with Crippen LogP contribution in [0, 0.1) is 11.3 Å². The van der Waals surface area contributed by atoms with Crippen LogP contribution in [0.1, 0.15) is 12.0 Å². The lowest BCUT2D eigenvalue weighted by Crippen LogP contribution is -2.36. The lowest BCUT2D eigenvalue weighted by Gasteiger charge is -2.21. The number of amides is 1. The van der Waals surface area contributed by atoms with Gasteiger partial charge >= 0.3 is 0 Å². The summed E-state index contributed by atoms with van der Waals surface area (Å²) in [6, 6.07) is 9.74. The minimum atomic E-state index is 0.0354. The van der Waals surface area contributed by atoms with Crippen LogP contribution < -0.4 is 4.74 Å². The summed E-state index contributed by atoms with van der Waals surface area (Å²) in [4.78, 5) is 15.6. The van der Waals surface area contributed by atoms with E-state index in [9.17, 15) is 4.79 Å². The molecule has 0 unspecified atom stereocenters. The summed E-state index contributed by atoms with van der Waals surface area (Å²) < 4.78 is 5.16. The molecule has 0 aromatic heterocycles. The van der Waals surface area contributed by atoms with Crippen LogP contribution in [0.15, 0.2) is 24.3 Å². The van der Waals surface area contributed by atoms with Gasteiger partial charge in [0.2, 0.25) is 5.91 Å². The van der Waals surface area contributed by atoms with Gasteiger partial charge in [-0.25, -0.2) is 0 Å². The Kier molecular flexibility index (Phi) is 6.54. The zero-order valence-corrected chi connectivity index (χ0v) is 12.3. The Morgan fingerprint density at radius 3 is 2.80 bits per heavy atom. The molecule has 0 aliphatic heterocycles. The molecule has 0 aliphatic carbocycles. The molecule has 1 aromatic rings. The van der Waals surface area contributed by atoms with Crippen molar-refractivity contribution in [1.82, 2.24) is 9.80 Å². The molecule has 0 heterocycles. The van der Waals surface area contributed by atoms with Gasteiger partial charge in [-0.2, -0.15) is 5.26 Å². The zero-order chi connectivity index (χ0) is 15.0. The number of benzene rings is 1. The van der Waals surface area contributed by atoms with Crippen molar-refractivity contribution in [3.63, 3.8) is 0 Å². The highest BCUT2D eigenvalue weighted by atomic mass is 16.5. The number of nitriles is 1. The van der Waals surface area contributed by atoms with Crippen molar-refractivity contribution in [3.8, 4) is 11.8 Å².